The lowest BCUT2D eigenvalue weighted by atomic mass is 9.95. The number of hydrogen-bond donors (Lipinski definition) is 3. The smallest absolute Gasteiger partial charge is 0.416 e. The fourth-order valence-corrected chi connectivity index (χ4v) is 6.27. The third-order valence-corrected chi connectivity index (χ3v) is 8.66. The van der Waals surface area contributed by atoms with Gasteiger partial charge in [0.15, 0.2) is 11.7 Å². The van der Waals surface area contributed by atoms with Crippen LogP contribution < -0.4 is 21.3 Å². The van der Waals surface area contributed by atoms with Gasteiger partial charge in [0.1, 0.15) is 16.4 Å². The lowest BCUT2D eigenvalue weighted by Gasteiger charge is -2.30. The van der Waals surface area contributed by atoms with Gasteiger partial charge in [-0.15, -0.1) is 0 Å². The molecule has 1 aliphatic carbocycles. The van der Waals surface area contributed by atoms with Crippen molar-refractivity contribution in [2.75, 3.05) is 23.8 Å². The molecule has 10 nitrogen and oxygen atoms in total. The van der Waals surface area contributed by atoms with Gasteiger partial charge < -0.3 is 25.5 Å². The summed E-state index contributed by atoms with van der Waals surface area (Å²) >= 11 is 0.639. The van der Waals surface area contributed by atoms with E-state index in [1.807, 2.05) is 0 Å². The number of ether oxygens (including phenoxy) is 1. The molecule has 1 aromatic carbocycles. The molecule has 2 atom stereocenters. The zero-order valence-corrected chi connectivity index (χ0v) is 24.9. The number of nitrogens with two attached hydrogens (primary N) is 1. The van der Waals surface area contributed by atoms with Crippen LogP contribution in [0.4, 0.5) is 24.5 Å². The van der Waals surface area contributed by atoms with Crippen LogP contribution in [0.25, 0.3) is 0 Å². The van der Waals surface area contributed by atoms with E-state index in [4.69, 9.17) is 14.9 Å². The molecule has 2 aliphatic rings. The topological polar surface area (TPSA) is 140 Å². The van der Waals surface area contributed by atoms with Crippen LogP contribution in [0.1, 0.15) is 88.2 Å². The number of carbonyl (C=O) groups is 3. The molecule has 1 aliphatic heterocycles. The van der Waals surface area contributed by atoms with Gasteiger partial charge in [-0.05, 0) is 74.5 Å². The molecule has 3 amide bonds. The van der Waals surface area contributed by atoms with Gasteiger partial charge in [0.25, 0.3) is 17.7 Å². The van der Waals surface area contributed by atoms with Crippen LogP contribution in [0, 0.1) is 6.92 Å². The van der Waals surface area contributed by atoms with Gasteiger partial charge in [0.2, 0.25) is 0 Å². The highest BCUT2D eigenvalue weighted by Gasteiger charge is 2.40. The van der Waals surface area contributed by atoms with Crippen LogP contribution in [0.5, 0.6) is 0 Å². The molecule has 2 aromatic heterocycles. The van der Waals surface area contributed by atoms with Crippen molar-refractivity contribution >= 4 is 40.6 Å². The SMILES string of the molecule is Cc1ccc(C(C(=O)NCC2CCCO2)N(C(=O)c2snc(C(=O)NC3CCCCC3)c2N)c2cccc(C(F)(F)F)c2)o1. The Balaban J connectivity index is 1.54. The Bertz CT molecular complexity index is 1490. The van der Waals surface area contributed by atoms with Crippen molar-refractivity contribution in [1.82, 2.24) is 15.0 Å². The molecule has 2 unspecified atom stereocenters. The Morgan fingerprint density at radius 3 is 2.55 bits per heavy atom. The number of carbonyl (C=O) groups excluding carboxylic acids is 3. The second-order valence-electron chi connectivity index (χ2n) is 11.0. The number of alkyl halides is 3. The molecular weight excluding hydrogens is 599 g/mol. The van der Waals surface area contributed by atoms with Crippen molar-refractivity contribution in [1.29, 1.82) is 0 Å². The van der Waals surface area contributed by atoms with E-state index in [0.717, 1.165) is 68.0 Å². The fourth-order valence-electron chi connectivity index (χ4n) is 5.53. The maximum atomic E-state index is 14.3. The number of furan rings is 1. The van der Waals surface area contributed by atoms with Crippen molar-refractivity contribution in [3.63, 3.8) is 0 Å². The molecule has 0 radical (unpaired) electrons. The number of rotatable bonds is 9. The van der Waals surface area contributed by atoms with E-state index in [2.05, 4.69) is 15.0 Å². The quantitative estimate of drug-likeness (QED) is 0.287. The molecule has 3 heterocycles. The lowest BCUT2D eigenvalue weighted by Crippen LogP contribution is -2.45. The molecular formula is C30H34F3N5O5S. The second-order valence-corrected chi connectivity index (χ2v) is 11.8. The molecule has 236 valence electrons. The first-order chi connectivity index (χ1) is 21.0. The molecule has 2 fully saturated rings. The third kappa shape index (κ3) is 7.07. The van der Waals surface area contributed by atoms with Gasteiger partial charge in [0.05, 0.1) is 17.4 Å². The van der Waals surface area contributed by atoms with Crippen molar-refractivity contribution in [3.05, 3.63) is 64.1 Å². The van der Waals surface area contributed by atoms with Crippen molar-refractivity contribution in [2.45, 2.75) is 76.2 Å². The lowest BCUT2D eigenvalue weighted by molar-refractivity contribution is -0.137. The highest BCUT2D eigenvalue weighted by atomic mass is 32.1. The molecule has 14 heteroatoms. The Kier molecular flexibility index (Phi) is 9.59. The summed E-state index contributed by atoms with van der Waals surface area (Å²) in [5, 5.41) is 5.68. The van der Waals surface area contributed by atoms with E-state index in [0.29, 0.717) is 23.9 Å². The summed E-state index contributed by atoms with van der Waals surface area (Å²) in [6, 6.07) is 5.58. The summed E-state index contributed by atoms with van der Waals surface area (Å²) in [6.45, 7) is 2.32. The van der Waals surface area contributed by atoms with Crippen molar-refractivity contribution < 1.29 is 36.7 Å². The van der Waals surface area contributed by atoms with Crippen LogP contribution in [0.3, 0.4) is 0 Å². The average molecular weight is 634 g/mol. The monoisotopic (exact) mass is 633 g/mol. The van der Waals surface area contributed by atoms with Crippen LogP contribution in [-0.4, -0.2) is 47.4 Å². The molecule has 44 heavy (non-hydrogen) atoms. The zero-order valence-electron chi connectivity index (χ0n) is 24.1. The van der Waals surface area contributed by atoms with Gasteiger partial charge in [-0.25, -0.2) is 0 Å². The van der Waals surface area contributed by atoms with E-state index in [9.17, 15) is 27.6 Å². The van der Waals surface area contributed by atoms with Gasteiger partial charge in [-0.3, -0.25) is 19.3 Å². The normalized spacial score (nSPS) is 18.1. The van der Waals surface area contributed by atoms with Gasteiger partial charge in [-0.2, -0.15) is 17.5 Å². The number of hydrogen-bond acceptors (Lipinski definition) is 8. The minimum Gasteiger partial charge on any atom is -0.464 e. The number of amides is 3. The molecule has 1 saturated carbocycles. The summed E-state index contributed by atoms with van der Waals surface area (Å²) < 4.78 is 56.9. The third-order valence-electron chi connectivity index (χ3n) is 7.81. The van der Waals surface area contributed by atoms with Gasteiger partial charge >= 0.3 is 6.18 Å². The minimum absolute atomic E-state index is 0.0245. The Morgan fingerprint density at radius 2 is 1.89 bits per heavy atom. The van der Waals surface area contributed by atoms with Gasteiger partial charge in [0, 0.05) is 24.9 Å². The summed E-state index contributed by atoms with van der Waals surface area (Å²) in [4.78, 5) is 41.9. The molecule has 3 aromatic rings. The Hall–Kier alpha value is -3.91. The Labute approximate surface area is 256 Å². The first-order valence-electron chi connectivity index (χ1n) is 14.6. The van der Waals surface area contributed by atoms with E-state index in [1.165, 1.54) is 12.1 Å². The molecule has 4 N–H and O–H groups in total. The van der Waals surface area contributed by atoms with Crippen LogP contribution >= 0.6 is 11.5 Å². The fraction of sp³-hybridized carbons (Fsp3) is 0.467. The van der Waals surface area contributed by atoms with Crippen LogP contribution in [0.2, 0.25) is 0 Å². The zero-order chi connectivity index (χ0) is 31.4. The average Bonchev–Trinajstić information content (AvgIpc) is 3.76. The number of nitrogens with one attached hydrogen (secondary N) is 2. The minimum atomic E-state index is -4.72. The van der Waals surface area contributed by atoms with Crippen molar-refractivity contribution in [3.8, 4) is 0 Å². The number of aryl methyl sites for hydroxylation is 1. The number of nitrogens with zero attached hydrogens (tertiary/aromatic N) is 2. The first kappa shape index (κ1) is 31.5. The predicted molar refractivity (Wildman–Crippen MR) is 157 cm³/mol. The van der Waals surface area contributed by atoms with E-state index < -0.39 is 35.5 Å². The Morgan fingerprint density at radius 1 is 1.11 bits per heavy atom. The van der Waals surface area contributed by atoms with Gasteiger partial charge in [-0.1, -0.05) is 25.3 Å². The van der Waals surface area contributed by atoms with E-state index >= 15 is 0 Å². The van der Waals surface area contributed by atoms with Crippen molar-refractivity contribution in [2.24, 2.45) is 0 Å². The summed E-state index contributed by atoms with van der Waals surface area (Å²) in [7, 11) is 0. The summed E-state index contributed by atoms with van der Waals surface area (Å²) in [6.07, 6.45) is 1.28. The second kappa shape index (κ2) is 13.4. The molecule has 1 saturated heterocycles. The first-order valence-corrected chi connectivity index (χ1v) is 15.3. The highest BCUT2D eigenvalue weighted by molar-refractivity contribution is 7.09. The van der Waals surface area contributed by atoms with E-state index in [-0.39, 0.29) is 46.4 Å². The number of anilines is 2. The summed E-state index contributed by atoms with van der Waals surface area (Å²) in [5.41, 5.74) is 4.68. The molecule has 0 bridgehead atoms. The molecule has 5 rings (SSSR count). The number of aromatic nitrogens is 1. The maximum absolute atomic E-state index is 14.3. The maximum Gasteiger partial charge on any atom is 0.416 e. The highest BCUT2D eigenvalue weighted by Crippen LogP contribution is 2.37. The standard InChI is InChI=1S/C30H34F3N5O5S/c1-17-12-13-22(43-17)25(28(40)35-16-21-11-6-14-42-21)38(20-10-5-7-18(15-20)30(31,32)33)29(41)26-23(34)24(37-44-26)27(39)36-19-8-3-2-4-9-19/h5,7,10,12-13,15,19,21,25H,2-4,6,8-9,11,14,16,34H2,1H3,(H,35,40)(H,36,39). The molecule has 0 spiro atoms. The number of nitrogen functional groups attached to an aromatic ring is 1. The largest absolute Gasteiger partial charge is 0.464 e. The van der Waals surface area contributed by atoms with Crippen LogP contribution in [-0.2, 0) is 15.7 Å². The number of benzene rings is 1. The van der Waals surface area contributed by atoms with Crippen LogP contribution in [0.15, 0.2) is 40.8 Å². The summed E-state index contributed by atoms with van der Waals surface area (Å²) in [5.74, 6) is -1.70. The predicted octanol–water partition coefficient (Wildman–Crippen LogP) is 5.39. The number of halogens is 3. The van der Waals surface area contributed by atoms with E-state index in [1.54, 1.807) is 13.0 Å².